The molecule has 5 nitrogen and oxygen atoms in total. The standard InChI is InChI=1S/C20H22F2IN3O2/c1-9-6-11(7-10(2)15(9)21)26-18(23)14-12-8-13(16(22)17(14)24-26)25(12)19(27)28-20(3,4)5/h6-7,12-13,16H,8H2,1-5H3/t12-,13?,16+/m1/s1. The van der Waals surface area contributed by atoms with Gasteiger partial charge in [0.05, 0.1) is 17.8 Å². The van der Waals surface area contributed by atoms with E-state index in [1.54, 1.807) is 51.4 Å². The maximum Gasteiger partial charge on any atom is 0.411 e. The summed E-state index contributed by atoms with van der Waals surface area (Å²) in [5, 5.41) is 4.50. The van der Waals surface area contributed by atoms with E-state index in [0.717, 1.165) is 9.26 Å². The first-order chi connectivity index (χ1) is 13.0. The van der Waals surface area contributed by atoms with E-state index in [9.17, 15) is 9.18 Å². The number of hydrogen-bond donors (Lipinski definition) is 0. The van der Waals surface area contributed by atoms with Gasteiger partial charge in [0.15, 0.2) is 6.17 Å². The highest BCUT2D eigenvalue weighted by atomic mass is 127. The molecule has 2 aromatic rings. The Morgan fingerprint density at radius 2 is 1.89 bits per heavy atom. The molecule has 1 unspecified atom stereocenters. The summed E-state index contributed by atoms with van der Waals surface area (Å²) in [5.41, 5.74) is 2.15. The number of aromatic nitrogens is 2. The molecule has 1 saturated heterocycles. The first-order valence-corrected chi connectivity index (χ1v) is 10.3. The molecule has 2 aliphatic heterocycles. The Bertz CT molecular complexity index is 960. The highest BCUT2D eigenvalue weighted by Gasteiger charge is 2.56. The van der Waals surface area contributed by atoms with Crippen molar-refractivity contribution in [1.82, 2.24) is 14.7 Å². The molecule has 1 fully saturated rings. The van der Waals surface area contributed by atoms with Gasteiger partial charge in [0.2, 0.25) is 0 Å². The average Bonchev–Trinajstić information content (AvgIpc) is 2.88. The molecule has 0 radical (unpaired) electrons. The summed E-state index contributed by atoms with van der Waals surface area (Å²) in [7, 11) is 0. The Morgan fingerprint density at radius 1 is 1.29 bits per heavy atom. The summed E-state index contributed by atoms with van der Waals surface area (Å²) in [6.07, 6.45) is -1.32. The second-order valence-corrected chi connectivity index (χ2v) is 9.53. The molecular weight excluding hydrogens is 479 g/mol. The third-order valence-corrected chi connectivity index (χ3v) is 6.29. The second-order valence-electron chi connectivity index (χ2n) is 8.50. The van der Waals surface area contributed by atoms with Gasteiger partial charge in [-0.15, -0.1) is 0 Å². The van der Waals surface area contributed by atoms with Crippen molar-refractivity contribution >= 4 is 28.7 Å². The quantitative estimate of drug-likeness (QED) is 0.498. The number of benzene rings is 1. The van der Waals surface area contributed by atoms with Crippen molar-refractivity contribution in [2.24, 2.45) is 0 Å². The summed E-state index contributed by atoms with van der Waals surface area (Å²) in [6, 6.07) is 2.60. The Labute approximate surface area is 176 Å². The number of alkyl halides is 1. The molecule has 28 heavy (non-hydrogen) atoms. The fraction of sp³-hybridized carbons (Fsp3) is 0.500. The lowest BCUT2D eigenvalue weighted by Crippen LogP contribution is -2.59. The van der Waals surface area contributed by atoms with Crippen LogP contribution in [0.5, 0.6) is 0 Å². The van der Waals surface area contributed by atoms with Crippen LogP contribution in [0.1, 0.15) is 61.8 Å². The van der Waals surface area contributed by atoms with Crippen LogP contribution >= 0.6 is 22.6 Å². The third kappa shape index (κ3) is 2.91. The predicted molar refractivity (Wildman–Crippen MR) is 109 cm³/mol. The van der Waals surface area contributed by atoms with Crippen molar-refractivity contribution in [3.05, 3.63) is 44.0 Å². The van der Waals surface area contributed by atoms with Crippen LogP contribution in [0.25, 0.3) is 5.69 Å². The molecule has 0 saturated carbocycles. The van der Waals surface area contributed by atoms with Gasteiger partial charge in [-0.3, -0.25) is 4.90 Å². The third-order valence-electron chi connectivity index (χ3n) is 5.25. The molecule has 3 heterocycles. The number of hydrogen-bond acceptors (Lipinski definition) is 3. The van der Waals surface area contributed by atoms with Crippen LogP contribution in [-0.4, -0.2) is 32.4 Å². The van der Waals surface area contributed by atoms with Crippen LogP contribution in [0.15, 0.2) is 12.1 Å². The summed E-state index contributed by atoms with van der Waals surface area (Å²) < 4.78 is 37.0. The SMILES string of the molecule is Cc1cc(-n2nc3c(c2I)[C@H]2CC([C@@H]3F)N2C(=O)OC(C)(C)C)cc(C)c1F. The van der Waals surface area contributed by atoms with Crippen molar-refractivity contribution in [2.75, 3.05) is 0 Å². The molecule has 0 N–H and O–H groups in total. The van der Waals surface area contributed by atoms with E-state index < -0.39 is 23.9 Å². The number of amides is 1. The van der Waals surface area contributed by atoms with Gasteiger partial charge in [-0.05, 0) is 86.9 Å². The molecule has 1 aromatic carbocycles. The van der Waals surface area contributed by atoms with Crippen molar-refractivity contribution in [2.45, 2.75) is 64.9 Å². The molecule has 5 rings (SSSR count). The smallest absolute Gasteiger partial charge is 0.411 e. The number of halogens is 3. The fourth-order valence-electron chi connectivity index (χ4n) is 3.98. The maximum atomic E-state index is 15.2. The van der Waals surface area contributed by atoms with Gasteiger partial charge in [0.1, 0.15) is 20.8 Å². The number of nitrogens with zero attached hydrogens (tertiary/aromatic N) is 3. The summed E-state index contributed by atoms with van der Waals surface area (Å²) in [5.74, 6) is -0.252. The molecule has 8 heteroatoms. The zero-order valence-corrected chi connectivity index (χ0v) is 18.5. The molecule has 1 amide bonds. The highest BCUT2D eigenvalue weighted by molar-refractivity contribution is 14.1. The first-order valence-electron chi connectivity index (χ1n) is 9.20. The summed E-state index contributed by atoms with van der Waals surface area (Å²) in [6.45, 7) is 8.77. The molecule has 150 valence electrons. The number of carbonyl (C=O) groups excluding carboxylic acids is 1. The van der Waals surface area contributed by atoms with Crippen molar-refractivity contribution in [1.29, 1.82) is 0 Å². The average molecular weight is 501 g/mol. The summed E-state index contributed by atoms with van der Waals surface area (Å²) in [4.78, 5) is 14.1. The normalized spacial score (nSPS) is 23.3. The highest BCUT2D eigenvalue weighted by Crippen LogP contribution is 2.54. The minimum atomic E-state index is -1.37. The number of rotatable bonds is 1. The van der Waals surface area contributed by atoms with Gasteiger partial charge in [0, 0.05) is 5.56 Å². The predicted octanol–water partition coefficient (Wildman–Crippen LogP) is 5.31. The Morgan fingerprint density at radius 3 is 2.46 bits per heavy atom. The Balaban J connectivity index is 1.75. The van der Waals surface area contributed by atoms with Gasteiger partial charge in [0.25, 0.3) is 0 Å². The lowest BCUT2D eigenvalue weighted by molar-refractivity contribution is -0.0668. The van der Waals surface area contributed by atoms with Crippen LogP contribution in [0.4, 0.5) is 13.6 Å². The molecule has 1 aromatic heterocycles. The topological polar surface area (TPSA) is 47.4 Å². The molecule has 3 aliphatic rings. The fourth-order valence-corrected chi connectivity index (χ4v) is 5.00. The van der Waals surface area contributed by atoms with Gasteiger partial charge in [-0.25, -0.2) is 18.3 Å². The number of ether oxygens (including phenoxy) is 1. The van der Waals surface area contributed by atoms with Gasteiger partial charge < -0.3 is 4.74 Å². The second kappa shape index (κ2) is 6.40. The van der Waals surface area contributed by atoms with E-state index in [2.05, 4.69) is 27.7 Å². The van der Waals surface area contributed by atoms with Crippen LogP contribution in [-0.2, 0) is 4.74 Å². The van der Waals surface area contributed by atoms with E-state index >= 15 is 4.39 Å². The molecular formula is C20H22F2IN3O2. The lowest BCUT2D eigenvalue weighted by atomic mass is 9.77. The summed E-state index contributed by atoms with van der Waals surface area (Å²) >= 11 is 2.13. The number of aryl methyl sites for hydroxylation is 2. The maximum absolute atomic E-state index is 15.2. The Hall–Kier alpha value is -1.71. The molecule has 0 spiro atoms. The molecule has 1 aliphatic carbocycles. The largest absolute Gasteiger partial charge is 0.444 e. The Kier molecular flexibility index (Phi) is 4.48. The van der Waals surface area contributed by atoms with Crippen molar-refractivity contribution in [3.63, 3.8) is 0 Å². The van der Waals surface area contributed by atoms with Crippen molar-refractivity contribution < 1.29 is 18.3 Å². The van der Waals surface area contributed by atoms with Crippen molar-refractivity contribution in [3.8, 4) is 5.69 Å². The van der Waals surface area contributed by atoms with Crippen LogP contribution in [0.2, 0.25) is 0 Å². The van der Waals surface area contributed by atoms with E-state index in [-0.39, 0.29) is 11.9 Å². The van der Waals surface area contributed by atoms with E-state index in [0.29, 0.717) is 28.9 Å². The van der Waals surface area contributed by atoms with Gasteiger partial charge >= 0.3 is 6.09 Å². The molecule has 3 atom stereocenters. The first kappa shape index (κ1) is 19.6. The van der Waals surface area contributed by atoms with E-state index in [4.69, 9.17) is 4.74 Å². The zero-order chi connectivity index (χ0) is 20.5. The van der Waals surface area contributed by atoms with E-state index in [1.807, 2.05) is 0 Å². The van der Waals surface area contributed by atoms with Crippen LogP contribution in [0, 0.1) is 23.4 Å². The minimum absolute atomic E-state index is 0.245. The van der Waals surface area contributed by atoms with E-state index in [1.165, 1.54) is 4.90 Å². The monoisotopic (exact) mass is 501 g/mol. The lowest BCUT2D eigenvalue weighted by Gasteiger charge is -2.52. The zero-order valence-electron chi connectivity index (χ0n) is 16.4. The van der Waals surface area contributed by atoms with Gasteiger partial charge in [-0.2, -0.15) is 5.10 Å². The number of carbonyl (C=O) groups is 1. The van der Waals surface area contributed by atoms with Crippen LogP contribution in [0.3, 0.4) is 0 Å². The minimum Gasteiger partial charge on any atom is -0.444 e. The van der Waals surface area contributed by atoms with Gasteiger partial charge in [-0.1, -0.05) is 0 Å². The molecule has 2 bridgehead atoms. The van der Waals surface area contributed by atoms with Crippen LogP contribution < -0.4 is 0 Å².